The van der Waals surface area contributed by atoms with Crippen LogP contribution in [0, 0.1) is 68.0 Å². The van der Waals surface area contributed by atoms with Gasteiger partial charge in [-0.05, 0) is 186 Å². The molecule has 0 spiro atoms. The molecule has 8 fully saturated rings. The lowest BCUT2D eigenvalue weighted by Crippen LogP contribution is -2.57. The predicted molar refractivity (Wildman–Crippen MR) is 235 cm³/mol. The van der Waals surface area contributed by atoms with E-state index in [0.717, 1.165) is 50.0 Å². The Labute approximate surface area is 351 Å². The van der Waals surface area contributed by atoms with Crippen molar-refractivity contribution in [3.8, 4) is 0 Å². The number of carbonyl (C=O) groups is 1. The molecule has 5 heteroatoms. The predicted octanol–water partition coefficient (Wildman–Crippen LogP) is 13.0. The van der Waals surface area contributed by atoms with E-state index in [1.165, 1.54) is 83.5 Å². The molecule has 0 radical (unpaired) electrons. The highest BCUT2D eigenvalue weighted by Gasteiger charge is 2.63. The molecule has 0 aromatic carbocycles. The Balaban J connectivity index is 0.000000146. The second-order valence-corrected chi connectivity index (χ2v) is 25.4. The zero-order valence-corrected chi connectivity index (χ0v) is 39.5. The van der Waals surface area contributed by atoms with Crippen LogP contribution in [0.2, 0.25) is 0 Å². The second kappa shape index (κ2) is 15.2. The maximum atomic E-state index is 11.8. The third-order valence-corrected chi connectivity index (χ3v) is 20.2. The zero-order chi connectivity index (χ0) is 42.3. The fourth-order valence-corrected chi connectivity index (χ4v) is 17.3. The van der Waals surface area contributed by atoms with Crippen LogP contribution in [0.4, 0.5) is 0 Å². The maximum Gasteiger partial charge on any atom is 0.306 e. The Hall–Kier alpha value is -0.910. The van der Waals surface area contributed by atoms with Crippen molar-refractivity contribution < 1.29 is 24.5 Å². The molecule has 0 amide bonds. The third-order valence-electron chi connectivity index (χ3n) is 20.2. The Morgan fingerprint density at radius 3 is 1.61 bits per heavy atom. The van der Waals surface area contributed by atoms with Crippen molar-refractivity contribution in [2.75, 3.05) is 6.61 Å². The molecule has 2 aliphatic heterocycles. The standard InChI is InChI=1S/C20H36O2.C16H26O2.C16H28O/c1-7-18(4,21)13-9-16-19(5)12-8-11-17(2,3)15(19)10-14-20(16,6)22;1-14(2)7-5-8-15(3)11(14)6-9-16(4)12(15)10-13(17)18-16;1-14(2)8-5-9-15(3)12(14)6-10-16(4)13(15)7-11-17-16/h7,15-16,21-22H,1,8-14H2,2-6H3;11-12H,5-10H2,1-4H3;12-13H,5-11H2,1-4H3/t15-,16+,18-,19-,20+;11-,12+,15-,16+;12-,13+,15-,16+/m001/s1. The summed E-state index contributed by atoms with van der Waals surface area (Å²) in [6.45, 7) is 35.2. The zero-order valence-electron chi connectivity index (χ0n) is 39.5. The van der Waals surface area contributed by atoms with Gasteiger partial charge >= 0.3 is 5.97 Å². The first kappa shape index (κ1) is 45.6. The summed E-state index contributed by atoms with van der Waals surface area (Å²) < 4.78 is 11.8. The highest BCUT2D eigenvalue weighted by atomic mass is 16.6. The van der Waals surface area contributed by atoms with Crippen LogP contribution in [0.25, 0.3) is 0 Å². The van der Waals surface area contributed by atoms with Gasteiger partial charge in [0.15, 0.2) is 0 Å². The molecule has 6 aliphatic carbocycles. The van der Waals surface area contributed by atoms with Crippen molar-refractivity contribution >= 4 is 5.97 Å². The molecule has 57 heavy (non-hydrogen) atoms. The van der Waals surface area contributed by atoms with Crippen LogP contribution in [-0.4, -0.2) is 45.2 Å². The average Bonchev–Trinajstić information content (AvgIpc) is 3.63. The van der Waals surface area contributed by atoms with Crippen LogP contribution in [0.15, 0.2) is 12.7 Å². The first-order valence-corrected chi connectivity index (χ1v) is 24.1. The van der Waals surface area contributed by atoms with Gasteiger partial charge in [-0.1, -0.05) is 87.7 Å². The summed E-state index contributed by atoms with van der Waals surface area (Å²) in [6, 6.07) is 0. The van der Waals surface area contributed by atoms with Crippen LogP contribution in [0.1, 0.15) is 212 Å². The SMILES string of the molecule is C=C[C@](C)(O)CC[C@@H]1[C@@]2(C)CCCC(C)(C)[C@@H]2CC[C@@]1(C)O.CC1(C)CCC[C@]2(C)[C@@H]1CC[C@]1(C)OCC[C@@H]21.CC1(C)CCC[C@]2(C)[C@H]3CC(=O)O[C@]3(C)CC[C@@H]12. The second-order valence-electron chi connectivity index (χ2n) is 25.4. The number of hydrogen-bond donors (Lipinski definition) is 2. The van der Waals surface area contributed by atoms with Crippen LogP contribution >= 0.6 is 0 Å². The molecule has 0 aromatic heterocycles. The average molecular weight is 795 g/mol. The number of ether oxygens (including phenoxy) is 2. The van der Waals surface area contributed by atoms with Crippen molar-refractivity contribution in [1.29, 1.82) is 0 Å². The minimum atomic E-state index is -0.830. The van der Waals surface area contributed by atoms with E-state index in [1.807, 2.05) is 13.8 Å². The number of carbonyl (C=O) groups excluding carboxylic acids is 1. The van der Waals surface area contributed by atoms with Gasteiger partial charge in [-0.2, -0.15) is 0 Å². The van der Waals surface area contributed by atoms with Gasteiger partial charge in [0.05, 0.1) is 23.2 Å². The van der Waals surface area contributed by atoms with Gasteiger partial charge in [0.25, 0.3) is 0 Å². The third kappa shape index (κ3) is 8.14. The minimum Gasteiger partial charge on any atom is -0.459 e. The Kier molecular flexibility index (Phi) is 12.1. The molecule has 13 atom stereocenters. The first-order valence-electron chi connectivity index (χ1n) is 24.1. The first-order chi connectivity index (χ1) is 26.1. The summed E-state index contributed by atoms with van der Waals surface area (Å²) in [5, 5.41) is 21.4. The summed E-state index contributed by atoms with van der Waals surface area (Å²) in [5.41, 5.74) is 0.973. The maximum absolute atomic E-state index is 11.8. The molecule has 0 aromatic rings. The number of fused-ring (bicyclic) bond motifs is 7. The molecule has 2 heterocycles. The molecule has 8 rings (SSSR count). The summed E-state index contributed by atoms with van der Waals surface area (Å²) in [4.78, 5) is 11.8. The Morgan fingerprint density at radius 2 is 1.09 bits per heavy atom. The van der Waals surface area contributed by atoms with E-state index >= 15 is 0 Å². The van der Waals surface area contributed by atoms with Gasteiger partial charge in [0, 0.05) is 12.5 Å². The Morgan fingerprint density at radius 1 is 0.632 bits per heavy atom. The van der Waals surface area contributed by atoms with Gasteiger partial charge < -0.3 is 19.7 Å². The van der Waals surface area contributed by atoms with E-state index in [4.69, 9.17) is 9.47 Å². The van der Waals surface area contributed by atoms with Crippen molar-refractivity contribution in [2.24, 2.45) is 68.0 Å². The van der Waals surface area contributed by atoms with Crippen LogP contribution in [-0.2, 0) is 14.3 Å². The fourth-order valence-electron chi connectivity index (χ4n) is 17.3. The van der Waals surface area contributed by atoms with Gasteiger partial charge in [-0.3, -0.25) is 4.79 Å². The van der Waals surface area contributed by atoms with Gasteiger partial charge in [-0.15, -0.1) is 6.58 Å². The molecular weight excluding hydrogens is 705 g/mol. The van der Waals surface area contributed by atoms with E-state index in [2.05, 4.69) is 82.7 Å². The lowest BCUT2D eigenvalue weighted by molar-refractivity contribution is -0.171. The van der Waals surface area contributed by atoms with Crippen LogP contribution in [0.5, 0.6) is 0 Å². The number of hydrogen-bond acceptors (Lipinski definition) is 5. The topological polar surface area (TPSA) is 76.0 Å². The van der Waals surface area contributed by atoms with E-state index in [9.17, 15) is 15.0 Å². The summed E-state index contributed by atoms with van der Waals surface area (Å²) in [6.07, 6.45) is 24.1. The van der Waals surface area contributed by atoms with E-state index < -0.39 is 11.2 Å². The van der Waals surface area contributed by atoms with Crippen LogP contribution in [0.3, 0.4) is 0 Å². The monoisotopic (exact) mass is 795 g/mol. The molecular formula is C52H90O5. The highest BCUT2D eigenvalue weighted by Crippen LogP contribution is 2.67. The summed E-state index contributed by atoms with van der Waals surface area (Å²) >= 11 is 0. The molecule has 8 aliphatic rings. The largest absolute Gasteiger partial charge is 0.459 e. The molecule has 2 N–H and O–H groups in total. The smallest absolute Gasteiger partial charge is 0.306 e. The normalized spacial score (nSPS) is 48.6. The van der Waals surface area contributed by atoms with Gasteiger partial charge in [-0.25, -0.2) is 0 Å². The molecule has 2 saturated heterocycles. The van der Waals surface area contributed by atoms with E-state index in [0.29, 0.717) is 51.8 Å². The number of aliphatic hydroxyl groups is 2. The molecule has 0 unspecified atom stereocenters. The molecule has 328 valence electrons. The lowest BCUT2D eigenvalue weighted by Gasteiger charge is -2.61. The Bertz CT molecular complexity index is 1470. The van der Waals surface area contributed by atoms with Gasteiger partial charge in [0.2, 0.25) is 0 Å². The fraction of sp³-hybridized carbons (Fsp3) is 0.942. The summed E-state index contributed by atoms with van der Waals surface area (Å²) in [5.74, 6) is 3.89. The number of rotatable bonds is 4. The van der Waals surface area contributed by atoms with Crippen molar-refractivity contribution in [1.82, 2.24) is 0 Å². The van der Waals surface area contributed by atoms with Crippen molar-refractivity contribution in [3.05, 3.63) is 12.7 Å². The van der Waals surface area contributed by atoms with Gasteiger partial charge in [0.1, 0.15) is 5.60 Å². The lowest BCUT2D eigenvalue weighted by atomic mass is 9.45. The highest BCUT2D eigenvalue weighted by molar-refractivity contribution is 5.73. The van der Waals surface area contributed by atoms with E-state index in [-0.39, 0.29) is 28.5 Å². The van der Waals surface area contributed by atoms with E-state index in [1.54, 1.807) is 6.08 Å². The molecule has 6 saturated carbocycles. The van der Waals surface area contributed by atoms with Crippen LogP contribution < -0.4 is 0 Å². The minimum absolute atomic E-state index is 0.0350. The van der Waals surface area contributed by atoms with Crippen molar-refractivity contribution in [3.63, 3.8) is 0 Å². The summed E-state index contributed by atoms with van der Waals surface area (Å²) in [7, 11) is 0. The number of esters is 1. The quantitative estimate of drug-likeness (QED) is 0.219. The molecule has 0 bridgehead atoms. The van der Waals surface area contributed by atoms with Crippen molar-refractivity contribution in [2.45, 2.75) is 234 Å². The molecule has 5 nitrogen and oxygen atoms in total.